The number of aromatic nitrogens is 1. The van der Waals surface area contributed by atoms with E-state index in [1.165, 1.54) is 0 Å². The number of pyridine rings is 1. The second kappa shape index (κ2) is 10.4. The van der Waals surface area contributed by atoms with Crippen molar-refractivity contribution in [1.29, 1.82) is 0 Å². The zero-order valence-corrected chi connectivity index (χ0v) is 15.2. The first-order chi connectivity index (χ1) is 12.2. The lowest BCUT2D eigenvalue weighted by Gasteiger charge is -2.14. The smallest absolute Gasteiger partial charge is 0.191 e. The number of nitrogens with one attached hydrogen (secondary N) is 2. The van der Waals surface area contributed by atoms with Gasteiger partial charge in [0.25, 0.3) is 0 Å². The number of anilines is 1. The molecule has 0 aromatic carbocycles. The molecule has 0 radical (unpaired) electrons. The molecule has 2 heterocycles. The van der Waals surface area contributed by atoms with E-state index in [2.05, 4.69) is 26.7 Å². The van der Waals surface area contributed by atoms with Gasteiger partial charge in [0.05, 0.1) is 6.26 Å². The minimum atomic E-state index is 0.510. The summed E-state index contributed by atoms with van der Waals surface area (Å²) in [5.74, 6) is 2.56. The molecule has 2 aromatic heterocycles. The maximum atomic E-state index is 5.55. The van der Waals surface area contributed by atoms with E-state index in [4.69, 9.17) is 9.15 Å². The van der Waals surface area contributed by atoms with Crippen molar-refractivity contribution in [2.75, 3.05) is 39.2 Å². The average molecular weight is 345 g/mol. The topological polar surface area (TPSA) is 74.9 Å². The normalized spacial score (nSPS) is 11.4. The number of hydrogen-bond donors (Lipinski definition) is 2. The lowest BCUT2D eigenvalue weighted by Crippen LogP contribution is -2.37. The number of rotatable bonds is 9. The molecule has 0 saturated carbocycles. The van der Waals surface area contributed by atoms with Crippen LogP contribution in [0.2, 0.25) is 0 Å². The molecule has 0 bridgehead atoms. The van der Waals surface area contributed by atoms with Crippen molar-refractivity contribution in [3.63, 3.8) is 0 Å². The van der Waals surface area contributed by atoms with E-state index in [1.54, 1.807) is 13.3 Å². The summed E-state index contributed by atoms with van der Waals surface area (Å²) in [6.45, 7) is 2.66. The van der Waals surface area contributed by atoms with Gasteiger partial charge in [0.2, 0.25) is 0 Å². The van der Waals surface area contributed by atoms with Gasteiger partial charge >= 0.3 is 0 Å². The van der Waals surface area contributed by atoms with Crippen LogP contribution in [0.15, 0.2) is 46.1 Å². The number of aliphatic imine (C=N–C) groups is 1. The lowest BCUT2D eigenvalue weighted by molar-refractivity contribution is 0.105. The van der Waals surface area contributed by atoms with Crippen LogP contribution in [0, 0.1) is 0 Å². The summed E-state index contributed by atoms with van der Waals surface area (Å²) in [7, 11) is 5.72. The minimum absolute atomic E-state index is 0.510. The summed E-state index contributed by atoms with van der Waals surface area (Å²) in [4.78, 5) is 10.5. The standard InChI is InChI=1S/C18H27N5O2/c1-19-18(21-8-5-10-24-14-16-6-4-11-25-16)22-13-15-7-9-20-17(12-15)23(2)3/h4,6-7,9,11-12H,5,8,10,13-14H2,1-3H3,(H2,19,21,22). The van der Waals surface area contributed by atoms with Gasteiger partial charge in [0.15, 0.2) is 5.96 Å². The maximum absolute atomic E-state index is 5.55. The lowest BCUT2D eigenvalue weighted by atomic mass is 10.2. The van der Waals surface area contributed by atoms with E-state index in [1.807, 2.05) is 43.4 Å². The van der Waals surface area contributed by atoms with Gasteiger partial charge < -0.3 is 24.7 Å². The second-order valence-corrected chi connectivity index (χ2v) is 5.75. The molecule has 0 spiro atoms. The molecule has 0 aliphatic heterocycles. The summed E-state index contributed by atoms with van der Waals surface area (Å²) >= 11 is 0. The van der Waals surface area contributed by atoms with E-state index in [9.17, 15) is 0 Å². The minimum Gasteiger partial charge on any atom is -0.467 e. The third-order valence-electron chi connectivity index (χ3n) is 3.53. The van der Waals surface area contributed by atoms with Crippen molar-refractivity contribution in [1.82, 2.24) is 15.6 Å². The SMILES string of the molecule is CN=C(NCCCOCc1ccco1)NCc1ccnc(N(C)C)c1. The molecule has 0 fully saturated rings. The predicted octanol–water partition coefficient (Wildman–Crippen LogP) is 2.01. The number of nitrogens with zero attached hydrogens (tertiary/aromatic N) is 3. The van der Waals surface area contributed by atoms with Crippen LogP contribution in [0.3, 0.4) is 0 Å². The third kappa shape index (κ3) is 6.84. The molecular weight excluding hydrogens is 318 g/mol. The molecule has 7 nitrogen and oxygen atoms in total. The Morgan fingerprint density at radius 1 is 1.32 bits per heavy atom. The van der Waals surface area contributed by atoms with Crippen LogP contribution in [0.1, 0.15) is 17.7 Å². The summed E-state index contributed by atoms with van der Waals surface area (Å²) in [5.41, 5.74) is 1.16. The summed E-state index contributed by atoms with van der Waals surface area (Å²) in [5, 5.41) is 6.58. The van der Waals surface area contributed by atoms with Crippen LogP contribution in [-0.4, -0.2) is 45.2 Å². The Morgan fingerprint density at radius 2 is 2.20 bits per heavy atom. The highest BCUT2D eigenvalue weighted by molar-refractivity contribution is 5.79. The molecule has 0 unspecified atom stereocenters. The van der Waals surface area contributed by atoms with Gasteiger partial charge in [-0.15, -0.1) is 0 Å². The number of guanidine groups is 1. The zero-order chi connectivity index (χ0) is 17.9. The molecule has 0 atom stereocenters. The fourth-order valence-electron chi connectivity index (χ4n) is 2.17. The zero-order valence-electron chi connectivity index (χ0n) is 15.2. The van der Waals surface area contributed by atoms with Crippen LogP contribution >= 0.6 is 0 Å². The van der Waals surface area contributed by atoms with Gasteiger partial charge in [-0.05, 0) is 36.2 Å². The molecule has 2 N–H and O–H groups in total. The van der Waals surface area contributed by atoms with Crippen molar-refractivity contribution >= 4 is 11.8 Å². The second-order valence-electron chi connectivity index (χ2n) is 5.75. The highest BCUT2D eigenvalue weighted by Crippen LogP contribution is 2.09. The molecule has 7 heteroatoms. The molecule has 0 saturated heterocycles. The first-order valence-corrected chi connectivity index (χ1v) is 8.36. The molecule has 136 valence electrons. The monoisotopic (exact) mass is 345 g/mol. The number of ether oxygens (including phenoxy) is 1. The fraction of sp³-hybridized carbons (Fsp3) is 0.444. The Labute approximate surface area is 149 Å². The van der Waals surface area contributed by atoms with E-state index in [0.29, 0.717) is 19.8 Å². The Balaban J connectivity index is 1.62. The molecule has 0 amide bonds. The number of furan rings is 1. The molecule has 2 rings (SSSR count). The van der Waals surface area contributed by atoms with Crippen molar-refractivity contribution < 1.29 is 9.15 Å². The van der Waals surface area contributed by atoms with Gasteiger partial charge in [-0.25, -0.2) is 4.98 Å². The molecule has 0 aliphatic carbocycles. The Kier molecular flexibility index (Phi) is 7.78. The Hall–Kier alpha value is -2.54. The highest BCUT2D eigenvalue weighted by Gasteiger charge is 2.02. The molecule has 25 heavy (non-hydrogen) atoms. The van der Waals surface area contributed by atoms with Crippen LogP contribution < -0.4 is 15.5 Å². The Bertz CT molecular complexity index is 641. The molecule has 0 aliphatic rings. The largest absolute Gasteiger partial charge is 0.467 e. The number of hydrogen-bond acceptors (Lipinski definition) is 5. The highest BCUT2D eigenvalue weighted by atomic mass is 16.5. The summed E-state index contributed by atoms with van der Waals surface area (Å²) < 4.78 is 10.8. The molecule has 2 aromatic rings. The fourth-order valence-corrected chi connectivity index (χ4v) is 2.17. The Morgan fingerprint density at radius 3 is 2.92 bits per heavy atom. The van der Waals surface area contributed by atoms with Crippen molar-refractivity contribution in [3.8, 4) is 0 Å². The predicted molar refractivity (Wildman–Crippen MR) is 99.7 cm³/mol. The van der Waals surface area contributed by atoms with Gasteiger partial charge in [0.1, 0.15) is 18.2 Å². The average Bonchev–Trinajstić information content (AvgIpc) is 3.14. The van der Waals surface area contributed by atoms with Crippen LogP contribution in [0.5, 0.6) is 0 Å². The van der Waals surface area contributed by atoms with Crippen molar-refractivity contribution in [3.05, 3.63) is 48.0 Å². The summed E-state index contributed by atoms with van der Waals surface area (Å²) in [6, 6.07) is 7.82. The van der Waals surface area contributed by atoms with Gasteiger partial charge in [-0.1, -0.05) is 0 Å². The first-order valence-electron chi connectivity index (χ1n) is 8.36. The van der Waals surface area contributed by atoms with Crippen LogP contribution in [0.25, 0.3) is 0 Å². The van der Waals surface area contributed by atoms with Gasteiger partial charge in [0, 0.05) is 47.0 Å². The van der Waals surface area contributed by atoms with Crippen molar-refractivity contribution in [2.45, 2.75) is 19.6 Å². The van der Waals surface area contributed by atoms with Crippen molar-refractivity contribution in [2.24, 2.45) is 4.99 Å². The van der Waals surface area contributed by atoms with Gasteiger partial charge in [-0.2, -0.15) is 0 Å². The van der Waals surface area contributed by atoms with E-state index in [-0.39, 0.29) is 0 Å². The quantitative estimate of drug-likeness (QED) is 0.411. The molecular formula is C18H27N5O2. The first kappa shape index (κ1) is 18.8. The summed E-state index contributed by atoms with van der Waals surface area (Å²) in [6.07, 6.45) is 4.36. The maximum Gasteiger partial charge on any atom is 0.191 e. The van der Waals surface area contributed by atoms with E-state index in [0.717, 1.165) is 36.1 Å². The van der Waals surface area contributed by atoms with E-state index >= 15 is 0 Å². The van der Waals surface area contributed by atoms with Gasteiger partial charge in [-0.3, -0.25) is 4.99 Å². The third-order valence-corrected chi connectivity index (χ3v) is 3.53. The van der Waals surface area contributed by atoms with Crippen LogP contribution in [0.4, 0.5) is 5.82 Å². The van der Waals surface area contributed by atoms with E-state index < -0.39 is 0 Å². The van der Waals surface area contributed by atoms with Crippen LogP contribution in [-0.2, 0) is 17.9 Å².